The third-order valence-electron chi connectivity index (χ3n) is 4.51. The zero-order chi connectivity index (χ0) is 16.2. The van der Waals surface area contributed by atoms with Crippen LogP contribution in [0.3, 0.4) is 0 Å². The van der Waals surface area contributed by atoms with E-state index in [9.17, 15) is 9.59 Å². The molecule has 1 aliphatic rings. The highest BCUT2D eigenvalue weighted by Crippen LogP contribution is 2.23. The zero-order valence-electron chi connectivity index (χ0n) is 13.4. The first kappa shape index (κ1) is 16.0. The van der Waals surface area contributed by atoms with Crippen molar-refractivity contribution in [1.82, 2.24) is 9.47 Å². The summed E-state index contributed by atoms with van der Waals surface area (Å²) in [5.74, 6) is -0.00819. The number of hydrogen-bond acceptors (Lipinski definition) is 3. The Balaban J connectivity index is 1.84. The number of nitrogens with zero attached hydrogens (tertiary/aromatic N) is 2. The van der Waals surface area contributed by atoms with Crippen LogP contribution >= 0.6 is 11.3 Å². The maximum Gasteiger partial charge on any atom is 0.254 e. The molecule has 3 rings (SSSR count). The van der Waals surface area contributed by atoms with Crippen LogP contribution in [-0.2, 0) is 13.5 Å². The lowest BCUT2D eigenvalue weighted by Gasteiger charge is -2.30. The highest BCUT2D eigenvalue weighted by molar-refractivity contribution is 7.09. The fourth-order valence-corrected chi connectivity index (χ4v) is 3.94. The quantitative estimate of drug-likeness (QED) is 0.868. The summed E-state index contributed by atoms with van der Waals surface area (Å²) in [7, 11) is 1.70. The molecule has 1 fully saturated rings. The first-order valence-electron chi connectivity index (χ1n) is 8.15. The Bertz CT molecular complexity index is 721. The Kier molecular flexibility index (Phi) is 4.96. The summed E-state index contributed by atoms with van der Waals surface area (Å²) in [5.41, 5.74) is 0.367. The van der Waals surface area contributed by atoms with Gasteiger partial charge in [0.15, 0.2) is 0 Å². The summed E-state index contributed by atoms with van der Waals surface area (Å²) in [6.07, 6.45) is 6.99. The number of pyridine rings is 1. The average molecular weight is 330 g/mol. The van der Waals surface area contributed by atoms with Crippen LogP contribution in [0.15, 0.2) is 40.6 Å². The van der Waals surface area contributed by atoms with Gasteiger partial charge in [0.2, 0.25) is 0 Å². The topological polar surface area (TPSA) is 42.3 Å². The van der Waals surface area contributed by atoms with Crippen LogP contribution in [0.25, 0.3) is 0 Å². The van der Waals surface area contributed by atoms with E-state index in [1.165, 1.54) is 21.9 Å². The van der Waals surface area contributed by atoms with Crippen LogP contribution < -0.4 is 5.56 Å². The third-order valence-corrected chi connectivity index (χ3v) is 5.40. The predicted octanol–water partition coefficient (Wildman–Crippen LogP) is 3.07. The van der Waals surface area contributed by atoms with Gasteiger partial charge in [-0.1, -0.05) is 18.9 Å². The summed E-state index contributed by atoms with van der Waals surface area (Å²) in [6.45, 7) is 0.782. The van der Waals surface area contributed by atoms with Crippen LogP contribution in [0.2, 0.25) is 0 Å². The van der Waals surface area contributed by atoms with Gasteiger partial charge >= 0.3 is 0 Å². The Hall–Kier alpha value is -1.88. The van der Waals surface area contributed by atoms with E-state index in [1.54, 1.807) is 30.6 Å². The first-order valence-corrected chi connectivity index (χ1v) is 9.03. The maximum atomic E-state index is 12.9. The molecule has 2 aromatic rings. The molecule has 0 aromatic carbocycles. The van der Waals surface area contributed by atoms with Gasteiger partial charge in [0.25, 0.3) is 11.5 Å². The minimum atomic E-state index is -0.138. The molecule has 1 atom stereocenters. The molecule has 122 valence electrons. The normalized spacial score (nSPS) is 18.7. The van der Waals surface area contributed by atoms with E-state index in [2.05, 4.69) is 17.5 Å². The molecule has 0 radical (unpaired) electrons. The lowest BCUT2D eigenvalue weighted by molar-refractivity contribution is 0.0682. The van der Waals surface area contributed by atoms with Crippen LogP contribution in [0, 0.1) is 0 Å². The molecule has 1 unspecified atom stereocenters. The summed E-state index contributed by atoms with van der Waals surface area (Å²) < 4.78 is 1.49. The number of carbonyl (C=O) groups excluding carboxylic acids is 1. The smallest absolute Gasteiger partial charge is 0.254 e. The standard InChI is InChI=1S/C18H22N2O2S/c1-19-10-8-14(12-17(19)21)18(22)20-9-4-2-3-6-15(20)13-16-7-5-11-23-16/h5,7-8,10-12,15H,2-4,6,9,13H2,1H3. The SMILES string of the molecule is Cn1ccc(C(=O)N2CCCCCC2Cc2cccs2)cc1=O. The molecular formula is C18H22N2O2S. The highest BCUT2D eigenvalue weighted by Gasteiger charge is 2.27. The molecule has 0 saturated carbocycles. The zero-order valence-corrected chi connectivity index (χ0v) is 14.2. The van der Waals surface area contributed by atoms with Crippen molar-refractivity contribution < 1.29 is 4.79 Å². The van der Waals surface area contributed by atoms with Gasteiger partial charge in [0.05, 0.1) is 0 Å². The van der Waals surface area contributed by atoms with E-state index in [0.717, 1.165) is 32.2 Å². The lowest BCUT2D eigenvalue weighted by atomic mass is 10.0. The van der Waals surface area contributed by atoms with Crippen LogP contribution in [0.5, 0.6) is 0 Å². The molecule has 5 heteroatoms. The summed E-state index contributed by atoms with van der Waals surface area (Å²) >= 11 is 1.75. The number of aryl methyl sites for hydroxylation is 1. The Morgan fingerprint density at radius 2 is 2.17 bits per heavy atom. The third kappa shape index (κ3) is 3.72. The van der Waals surface area contributed by atoms with Gasteiger partial charge in [-0.2, -0.15) is 0 Å². The summed E-state index contributed by atoms with van der Waals surface area (Å²) in [4.78, 5) is 28.1. The molecule has 0 aliphatic carbocycles. The van der Waals surface area contributed by atoms with Crippen molar-refractivity contribution in [2.75, 3.05) is 6.54 Å². The molecule has 1 saturated heterocycles. The van der Waals surface area contributed by atoms with E-state index >= 15 is 0 Å². The minimum absolute atomic E-state index is 0.00819. The van der Waals surface area contributed by atoms with Gasteiger partial charge in [-0.15, -0.1) is 11.3 Å². The van der Waals surface area contributed by atoms with Gasteiger partial charge in [0, 0.05) is 48.8 Å². The van der Waals surface area contributed by atoms with E-state index in [-0.39, 0.29) is 17.5 Å². The number of likely N-dealkylation sites (tertiary alicyclic amines) is 1. The lowest BCUT2D eigenvalue weighted by Crippen LogP contribution is -2.41. The van der Waals surface area contributed by atoms with Gasteiger partial charge < -0.3 is 9.47 Å². The molecule has 1 aliphatic heterocycles. The van der Waals surface area contributed by atoms with Crippen LogP contribution in [0.4, 0.5) is 0 Å². The van der Waals surface area contributed by atoms with Crippen molar-refractivity contribution in [2.24, 2.45) is 7.05 Å². The number of rotatable bonds is 3. The van der Waals surface area contributed by atoms with Gasteiger partial charge in [-0.25, -0.2) is 0 Å². The number of aromatic nitrogens is 1. The van der Waals surface area contributed by atoms with Crippen molar-refractivity contribution in [3.8, 4) is 0 Å². The van der Waals surface area contributed by atoms with E-state index < -0.39 is 0 Å². The van der Waals surface area contributed by atoms with Gasteiger partial charge in [0.1, 0.15) is 0 Å². The van der Waals surface area contributed by atoms with Gasteiger partial charge in [-0.05, 0) is 30.4 Å². The second-order valence-corrected chi connectivity index (χ2v) is 7.18. The summed E-state index contributed by atoms with van der Waals surface area (Å²) in [5, 5.41) is 2.08. The molecule has 3 heterocycles. The maximum absolute atomic E-state index is 12.9. The van der Waals surface area contributed by atoms with Crippen LogP contribution in [0.1, 0.15) is 40.9 Å². The second-order valence-electron chi connectivity index (χ2n) is 6.15. The fourth-order valence-electron chi connectivity index (χ4n) is 3.17. The number of carbonyl (C=O) groups is 1. The van der Waals surface area contributed by atoms with Crippen molar-refractivity contribution in [3.63, 3.8) is 0 Å². The molecule has 0 spiro atoms. The monoisotopic (exact) mass is 330 g/mol. The Labute approximate surface area is 140 Å². The largest absolute Gasteiger partial charge is 0.335 e. The van der Waals surface area contributed by atoms with Crippen molar-refractivity contribution >= 4 is 17.2 Å². The minimum Gasteiger partial charge on any atom is -0.335 e. The van der Waals surface area contributed by atoms with Crippen LogP contribution in [-0.4, -0.2) is 28.0 Å². The van der Waals surface area contributed by atoms with E-state index in [4.69, 9.17) is 0 Å². The number of hydrogen-bond donors (Lipinski definition) is 0. The fraction of sp³-hybridized carbons (Fsp3) is 0.444. The molecule has 4 nitrogen and oxygen atoms in total. The molecule has 0 bridgehead atoms. The van der Waals surface area contributed by atoms with Crippen molar-refractivity contribution in [3.05, 3.63) is 56.6 Å². The number of thiophene rings is 1. The second kappa shape index (κ2) is 7.13. The first-order chi connectivity index (χ1) is 11.1. The molecular weight excluding hydrogens is 308 g/mol. The van der Waals surface area contributed by atoms with E-state index in [1.807, 2.05) is 4.90 Å². The van der Waals surface area contributed by atoms with E-state index in [0.29, 0.717) is 5.56 Å². The molecule has 1 amide bonds. The molecule has 2 aromatic heterocycles. The van der Waals surface area contributed by atoms with Gasteiger partial charge in [-0.3, -0.25) is 9.59 Å². The van der Waals surface area contributed by atoms with Crippen molar-refractivity contribution in [1.29, 1.82) is 0 Å². The van der Waals surface area contributed by atoms with Crippen molar-refractivity contribution in [2.45, 2.75) is 38.1 Å². The highest BCUT2D eigenvalue weighted by atomic mass is 32.1. The predicted molar refractivity (Wildman–Crippen MR) is 93.0 cm³/mol. The molecule has 0 N–H and O–H groups in total. The molecule has 23 heavy (non-hydrogen) atoms. The number of amides is 1. The Morgan fingerprint density at radius 3 is 2.91 bits per heavy atom. The average Bonchev–Trinajstić information content (AvgIpc) is 2.94. The Morgan fingerprint density at radius 1 is 1.30 bits per heavy atom. The summed E-state index contributed by atoms with van der Waals surface area (Å²) in [6, 6.07) is 7.62.